The summed E-state index contributed by atoms with van der Waals surface area (Å²) in [5.41, 5.74) is 0.753. The van der Waals surface area contributed by atoms with Crippen molar-refractivity contribution in [1.82, 2.24) is 9.97 Å². The molecule has 0 radical (unpaired) electrons. The monoisotopic (exact) mass is 293 g/mol. The van der Waals surface area contributed by atoms with Gasteiger partial charge in [0.1, 0.15) is 21.9 Å². The first-order valence-electron chi connectivity index (χ1n) is 6.67. The number of hydrogen-bond donors (Lipinski definition) is 1. The molecule has 0 spiro atoms. The van der Waals surface area contributed by atoms with Crippen LogP contribution in [0.3, 0.4) is 0 Å². The zero-order valence-corrected chi connectivity index (χ0v) is 13.0. The van der Waals surface area contributed by atoms with Crippen molar-refractivity contribution in [1.29, 1.82) is 0 Å². The number of nitrogens with zero attached hydrogens (tertiary/aromatic N) is 3. The summed E-state index contributed by atoms with van der Waals surface area (Å²) >= 11 is 1.21. The third-order valence-corrected chi connectivity index (χ3v) is 4.79. The fraction of sp³-hybridized carbons (Fsp3) is 0.500. The van der Waals surface area contributed by atoms with Gasteiger partial charge in [-0.05, 0) is 25.8 Å². The lowest BCUT2D eigenvalue weighted by Gasteiger charge is -2.26. The van der Waals surface area contributed by atoms with E-state index in [0.29, 0.717) is 10.9 Å². The molecule has 6 heteroatoms. The molecule has 1 atom stereocenters. The van der Waals surface area contributed by atoms with E-state index >= 15 is 0 Å². The molecule has 0 saturated heterocycles. The molecule has 0 aliphatic rings. The lowest BCUT2D eigenvalue weighted by atomic mass is 10.1. The predicted octanol–water partition coefficient (Wildman–Crippen LogP) is 3.32. The van der Waals surface area contributed by atoms with E-state index in [9.17, 15) is 9.90 Å². The molecule has 2 aromatic heterocycles. The Bertz CT molecular complexity index is 639. The molecular weight excluding hydrogens is 274 g/mol. The Morgan fingerprint density at radius 3 is 2.80 bits per heavy atom. The highest BCUT2D eigenvalue weighted by atomic mass is 32.1. The molecule has 0 amide bonds. The largest absolute Gasteiger partial charge is 0.477 e. The van der Waals surface area contributed by atoms with Crippen LogP contribution in [0.5, 0.6) is 0 Å². The van der Waals surface area contributed by atoms with Gasteiger partial charge in [-0.15, -0.1) is 11.3 Å². The van der Waals surface area contributed by atoms with Gasteiger partial charge in [0, 0.05) is 13.1 Å². The van der Waals surface area contributed by atoms with Crippen molar-refractivity contribution in [2.45, 2.75) is 39.7 Å². The van der Waals surface area contributed by atoms with Crippen LogP contribution in [0.4, 0.5) is 5.82 Å². The molecule has 0 aliphatic carbocycles. The number of hydrogen-bond acceptors (Lipinski definition) is 5. The zero-order valence-electron chi connectivity index (χ0n) is 12.2. The molecular formula is C14H19N3O2S. The molecule has 2 rings (SSSR count). The van der Waals surface area contributed by atoms with E-state index in [-0.39, 0.29) is 0 Å². The third-order valence-electron chi connectivity index (χ3n) is 3.60. The second-order valence-electron chi connectivity index (χ2n) is 4.99. The van der Waals surface area contributed by atoms with Crippen LogP contribution < -0.4 is 4.90 Å². The fourth-order valence-corrected chi connectivity index (χ4v) is 3.33. The van der Waals surface area contributed by atoms with Gasteiger partial charge in [-0.25, -0.2) is 14.8 Å². The highest BCUT2D eigenvalue weighted by molar-refractivity contribution is 7.20. The topological polar surface area (TPSA) is 66.3 Å². The maximum absolute atomic E-state index is 11.3. The average molecular weight is 293 g/mol. The van der Waals surface area contributed by atoms with Crippen LogP contribution in [0.15, 0.2) is 6.33 Å². The third kappa shape index (κ3) is 2.47. The quantitative estimate of drug-likeness (QED) is 0.916. The summed E-state index contributed by atoms with van der Waals surface area (Å²) in [5.74, 6) is -0.0853. The molecule has 0 bridgehead atoms. The van der Waals surface area contributed by atoms with E-state index < -0.39 is 5.97 Å². The summed E-state index contributed by atoms with van der Waals surface area (Å²) in [7, 11) is 2.00. The Balaban J connectivity index is 2.56. The summed E-state index contributed by atoms with van der Waals surface area (Å²) in [4.78, 5) is 23.0. The van der Waals surface area contributed by atoms with Gasteiger partial charge in [-0.3, -0.25) is 0 Å². The van der Waals surface area contributed by atoms with Crippen LogP contribution in [-0.2, 0) is 0 Å². The minimum atomic E-state index is -0.902. The van der Waals surface area contributed by atoms with E-state index in [2.05, 4.69) is 28.7 Å². The smallest absolute Gasteiger partial charge is 0.346 e. The van der Waals surface area contributed by atoms with Crippen LogP contribution in [-0.4, -0.2) is 34.1 Å². The first-order chi connectivity index (χ1) is 9.47. The number of rotatable bonds is 5. The number of carboxylic acid groups (broad SMARTS) is 1. The molecule has 1 N–H and O–H groups in total. The van der Waals surface area contributed by atoms with E-state index in [4.69, 9.17) is 0 Å². The highest BCUT2D eigenvalue weighted by Gasteiger charge is 2.21. The lowest BCUT2D eigenvalue weighted by molar-refractivity contribution is 0.0701. The number of aromatic nitrogens is 2. The average Bonchev–Trinajstić information content (AvgIpc) is 2.76. The molecule has 0 aliphatic heterocycles. The summed E-state index contributed by atoms with van der Waals surface area (Å²) < 4.78 is 0. The number of carboxylic acids is 1. The van der Waals surface area contributed by atoms with Gasteiger partial charge < -0.3 is 10.0 Å². The molecule has 0 fully saturated rings. The number of thiophene rings is 1. The summed E-state index contributed by atoms with van der Waals surface area (Å²) in [6.45, 7) is 6.13. The van der Waals surface area contributed by atoms with Gasteiger partial charge in [0.15, 0.2) is 0 Å². The molecule has 108 valence electrons. The summed E-state index contributed by atoms with van der Waals surface area (Å²) in [6, 6.07) is 0.352. The van der Waals surface area contributed by atoms with Gasteiger partial charge in [-0.1, -0.05) is 13.3 Å². The molecule has 0 aromatic carbocycles. The van der Waals surface area contributed by atoms with E-state index in [1.54, 1.807) is 0 Å². The van der Waals surface area contributed by atoms with E-state index in [0.717, 1.165) is 34.4 Å². The van der Waals surface area contributed by atoms with E-state index in [1.165, 1.54) is 17.7 Å². The van der Waals surface area contributed by atoms with Crippen LogP contribution in [0.2, 0.25) is 0 Å². The molecule has 20 heavy (non-hydrogen) atoms. The minimum Gasteiger partial charge on any atom is -0.477 e. The van der Waals surface area contributed by atoms with Crippen LogP contribution in [0.25, 0.3) is 10.2 Å². The maximum atomic E-state index is 11.3. The first-order valence-corrected chi connectivity index (χ1v) is 7.49. The van der Waals surface area contributed by atoms with Crippen molar-refractivity contribution in [2.24, 2.45) is 0 Å². The van der Waals surface area contributed by atoms with Gasteiger partial charge in [0.2, 0.25) is 0 Å². The number of anilines is 1. The van der Waals surface area contributed by atoms with Gasteiger partial charge in [0.05, 0.1) is 5.39 Å². The van der Waals surface area contributed by atoms with Crippen molar-refractivity contribution in [3.63, 3.8) is 0 Å². The fourth-order valence-electron chi connectivity index (χ4n) is 2.34. The second-order valence-corrected chi connectivity index (χ2v) is 5.99. The van der Waals surface area contributed by atoms with Gasteiger partial charge in [0.25, 0.3) is 0 Å². The Kier molecular flexibility index (Phi) is 4.23. The number of carbonyl (C=O) groups is 1. The van der Waals surface area contributed by atoms with Crippen LogP contribution in [0, 0.1) is 6.92 Å². The minimum absolute atomic E-state index is 0.346. The number of aromatic carboxylic acids is 1. The lowest BCUT2D eigenvalue weighted by Crippen LogP contribution is -2.29. The van der Waals surface area contributed by atoms with Crippen molar-refractivity contribution in [3.8, 4) is 0 Å². The predicted molar refractivity (Wildman–Crippen MR) is 81.9 cm³/mol. The Hall–Kier alpha value is -1.69. The number of fused-ring (bicyclic) bond motifs is 1. The van der Waals surface area contributed by atoms with Crippen molar-refractivity contribution in [2.75, 3.05) is 11.9 Å². The summed E-state index contributed by atoms with van der Waals surface area (Å²) in [5, 5.41) is 10.1. The molecule has 2 aromatic rings. The molecule has 0 saturated carbocycles. The summed E-state index contributed by atoms with van der Waals surface area (Å²) in [6.07, 6.45) is 3.67. The van der Waals surface area contributed by atoms with Crippen molar-refractivity contribution < 1.29 is 9.90 Å². The Morgan fingerprint density at radius 1 is 1.50 bits per heavy atom. The van der Waals surface area contributed by atoms with Crippen LogP contribution >= 0.6 is 11.3 Å². The van der Waals surface area contributed by atoms with Crippen molar-refractivity contribution in [3.05, 3.63) is 16.8 Å². The normalized spacial score (nSPS) is 12.6. The Morgan fingerprint density at radius 2 is 2.20 bits per heavy atom. The molecule has 1 unspecified atom stereocenters. The van der Waals surface area contributed by atoms with Gasteiger partial charge in [-0.2, -0.15) is 0 Å². The zero-order chi connectivity index (χ0) is 14.9. The van der Waals surface area contributed by atoms with Crippen LogP contribution in [0.1, 0.15) is 41.9 Å². The van der Waals surface area contributed by atoms with E-state index in [1.807, 2.05) is 14.0 Å². The SMILES string of the molecule is CCCC(C)N(C)c1ncnc2sc(C(=O)O)c(C)c12. The second kappa shape index (κ2) is 5.75. The number of aryl methyl sites for hydroxylation is 1. The van der Waals surface area contributed by atoms with Crippen molar-refractivity contribution >= 4 is 33.3 Å². The molecule has 5 nitrogen and oxygen atoms in total. The molecule has 2 heterocycles. The first kappa shape index (κ1) is 14.7. The standard InChI is InChI=1S/C14H19N3O2S/c1-5-6-8(2)17(4)12-10-9(3)11(14(18)19)20-13(10)16-7-15-12/h7-8H,5-6H2,1-4H3,(H,18,19). The maximum Gasteiger partial charge on any atom is 0.346 e. The van der Waals surface area contributed by atoms with Gasteiger partial charge >= 0.3 is 5.97 Å². The highest BCUT2D eigenvalue weighted by Crippen LogP contribution is 2.35. The Labute approximate surface area is 122 Å².